The molecule has 0 saturated carbocycles. The quantitative estimate of drug-likeness (QED) is 0.554. The van der Waals surface area contributed by atoms with E-state index in [4.69, 9.17) is 0 Å². The number of allylic oxidation sites excluding steroid dienone is 4. The van der Waals surface area contributed by atoms with E-state index in [9.17, 15) is 0 Å². The van der Waals surface area contributed by atoms with Crippen molar-refractivity contribution in [3.8, 4) is 0 Å². The monoisotopic (exact) mass is 311 g/mol. The van der Waals surface area contributed by atoms with Crippen molar-refractivity contribution in [3.63, 3.8) is 0 Å². The molecule has 0 aromatic carbocycles. The van der Waals surface area contributed by atoms with Crippen LogP contribution in [0, 0.1) is 0 Å². The summed E-state index contributed by atoms with van der Waals surface area (Å²) in [5.41, 5.74) is 5.40. The summed E-state index contributed by atoms with van der Waals surface area (Å²) < 4.78 is 0. The molecular formula is C22H33N. The fourth-order valence-electron chi connectivity index (χ4n) is 5.34. The fourth-order valence-corrected chi connectivity index (χ4v) is 5.34. The molecule has 0 amide bonds. The first-order chi connectivity index (χ1) is 11.4. The van der Waals surface area contributed by atoms with Crippen molar-refractivity contribution >= 4 is 0 Å². The number of hydrogen-bond donors (Lipinski definition) is 0. The van der Waals surface area contributed by atoms with Gasteiger partial charge in [0.1, 0.15) is 0 Å². The Morgan fingerprint density at radius 1 is 0.783 bits per heavy atom. The predicted octanol–water partition coefficient (Wildman–Crippen LogP) is 6.28. The zero-order chi connectivity index (χ0) is 15.5. The molecule has 0 spiro atoms. The lowest BCUT2D eigenvalue weighted by Crippen LogP contribution is -2.44. The van der Waals surface area contributed by atoms with Gasteiger partial charge in [-0.1, -0.05) is 29.4 Å². The molecule has 23 heavy (non-hydrogen) atoms. The average Bonchev–Trinajstić information content (AvgIpc) is 2.64. The van der Waals surface area contributed by atoms with E-state index in [1.54, 1.807) is 5.70 Å². The van der Waals surface area contributed by atoms with Gasteiger partial charge in [0.25, 0.3) is 0 Å². The van der Waals surface area contributed by atoms with Gasteiger partial charge in [-0.2, -0.15) is 0 Å². The Labute approximate surface area is 142 Å². The molecule has 4 aliphatic carbocycles. The normalized spacial score (nSPS) is 31.6. The predicted molar refractivity (Wildman–Crippen MR) is 98.3 cm³/mol. The second-order valence-corrected chi connectivity index (χ2v) is 8.09. The van der Waals surface area contributed by atoms with Gasteiger partial charge in [-0.15, -0.1) is 0 Å². The van der Waals surface area contributed by atoms with Crippen LogP contribution in [0.5, 0.6) is 0 Å². The third kappa shape index (κ3) is 3.44. The molecule has 1 unspecified atom stereocenters. The summed E-state index contributed by atoms with van der Waals surface area (Å²) in [4.78, 5) is 2.90. The van der Waals surface area contributed by atoms with Gasteiger partial charge < -0.3 is 4.90 Å². The summed E-state index contributed by atoms with van der Waals surface area (Å²) in [5, 5.41) is 0. The number of rotatable bonds is 3. The van der Waals surface area contributed by atoms with Crippen molar-refractivity contribution in [2.75, 3.05) is 0 Å². The summed E-state index contributed by atoms with van der Waals surface area (Å²) >= 11 is 0. The van der Waals surface area contributed by atoms with E-state index in [2.05, 4.69) is 23.1 Å². The molecule has 4 rings (SSSR count). The average molecular weight is 312 g/mol. The Morgan fingerprint density at radius 2 is 1.65 bits per heavy atom. The molecule has 0 bridgehead atoms. The van der Waals surface area contributed by atoms with Gasteiger partial charge in [-0.05, 0) is 89.9 Å². The Hall–Kier alpha value is -0.980. The van der Waals surface area contributed by atoms with Crippen molar-refractivity contribution in [1.29, 1.82) is 0 Å². The van der Waals surface area contributed by atoms with Crippen LogP contribution in [0.2, 0.25) is 0 Å². The number of hydrogen-bond acceptors (Lipinski definition) is 1. The minimum absolute atomic E-state index is 0.684. The first-order valence-corrected chi connectivity index (χ1v) is 10.3. The lowest BCUT2D eigenvalue weighted by atomic mass is 9.78. The molecular weight excluding hydrogens is 278 g/mol. The third-order valence-corrected chi connectivity index (χ3v) is 6.55. The molecule has 0 aromatic heterocycles. The maximum absolute atomic E-state index is 2.90. The van der Waals surface area contributed by atoms with Gasteiger partial charge in [0.2, 0.25) is 0 Å². The summed E-state index contributed by atoms with van der Waals surface area (Å²) in [6.45, 7) is 0. The van der Waals surface area contributed by atoms with Crippen LogP contribution in [0.25, 0.3) is 0 Å². The summed E-state index contributed by atoms with van der Waals surface area (Å²) in [5.74, 6) is 0. The van der Waals surface area contributed by atoms with E-state index < -0.39 is 0 Å². The molecule has 4 aliphatic rings. The van der Waals surface area contributed by atoms with E-state index in [0.717, 1.165) is 6.04 Å². The topological polar surface area (TPSA) is 3.24 Å². The van der Waals surface area contributed by atoms with Gasteiger partial charge in [0, 0.05) is 17.8 Å². The lowest BCUT2D eigenvalue weighted by Gasteiger charge is -2.45. The zero-order valence-electron chi connectivity index (χ0n) is 14.7. The number of nitrogens with zero attached hydrogens (tertiary/aromatic N) is 1. The Bertz CT molecular complexity index is 510. The van der Waals surface area contributed by atoms with Crippen molar-refractivity contribution in [1.82, 2.24) is 4.90 Å². The minimum atomic E-state index is 0.684. The van der Waals surface area contributed by atoms with Gasteiger partial charge in [0.15, 0.2) is 0 Å². The van der Waals surface area contributed by atoms with E-state index in [0.29, 0.717) is 6.04 Å². The molecule has 1 nitrogen and oxygen atoms in total. The van der Waals surface area contributed by atoms with Crippen LogP contribution in [-0.4, -0.2) is 17.0 Å². The largest absolute Gasteiger partial charge is 0.365 e. The van der Waals surface area contributed by atoms with Gasteiger partial charge in [-0.25, -0.2) is 0 Å². The van der Waals surface area contributed by atoms with Crippen molar-refractivity contribution < 1.29 is 0 Å². The second kappa shape index (κ2) is 7.28. The van der Waals surface area contributed by atoms with Crippen LogP contribution in [0.15, 0.2) is 35.1 Å². The molecule has 2 atom stereocenters. The van der Waals surface area contributed by atoms with Crippen LogP contribution in [0.1, 0.15) is 89.9 Å². The van der Waals surface area contributed by atoms with Crippen LogP contribution >= 0.6 is 0 Å². The van der Waals surface area contributed by atoms with Crippen LogP contribution in [0.3, 0.4) is 0 Å². The van der Waals surface area contributed by atoms with Gasteiger partial charge in [0.05, 0.1) is 0 Å². The molecule has 1 heteroatoms. The van der Waals surface area contributed by atoms with Crippen LogP contribution in [-0.2, 0) is 0 Å². The molecule has 0 saturated heterocycles. The Balaban J connectivity index is 1.57. The highest BCUT2D eigenvalue weighted by atomic mass is 15.2. The molecule has 0 radical (unpaired) electrons. The molecule has 0 aromatic rings. The van der Waals surface area contributed by atoms with Crippen molar-refractivity contribution in [2.45, 2.75) is 102 Å². The van der Waals surface area contributed by atoms with Crippen molar-refractivity contribution in [2.24, 2.45) is 0 Å². The maximum Gasteiger partial charge on any atom is 0.0473 e. The third-order valence-electron chi connectivity index (χ3n) is 6.55. The lowest BCUT2D eigenvalue weighted by molar-refractivity contribution is 0.169. The highest BCUT2D eigenvalue weighted by Gasteiger charge is 2.32. The Morgan fingerprint density at radius 3 is 2.43 bits per heavy atom. The summed E-state index contributed by atoms with van der Waals surface area (Å²) in [6.07, 6.45) is 26.9. The standard InChI is InChI=1S/C22H33N/c1-3-11-20(12-4-1)23(21-13-5-2-6-14-21)22-16-15-18-9-7-8-10-19(18)17-22/h3,11,13,20,22H,1-2,4-10,12,14-17H2/t20?,22-/m0/s1. The molecule has 126 valence electrons. The molecule has 0 N–H and O–H groups in total. The van der Waals surface area contributed by atoms with Gasteiger partial charge >= 0.3 is 0 Å². The van der Waals surface area contributed by atoms with Crippen LogP contribution in [0.4, 0.5) is 0 Å². The van der Waals surface area contributed by atoms with E-state index in [1.807, 2.05) is 11.1 Å². The fraction of sp³-hybridized carbons (Fsp3) is 0.727. The maximum atomic E-state index is 2.90. The van der Waals surface area contributed by atoms with E-state index >= 15 is 0 Å². The minimum Gasteiger partial charge on any atom is -0.365 e. The highest BCUT2D eigenvalue weighted by Crippen LogP contribution is 2.40. The summed E-state index contributed by atoms with van der Waals surface area (Å²) in [7, 11) is 0. The van der Waals surface area contributed by atoms with E-state index in [1.165, 1.54) is 89.9 Å². The zero-order valence-corrected chi connectivity index (χ0v) is 14.7. The first kappa shape index (κ1) is 15.5. The van der Waals surface area contributed by atoms with Gasteiger partial charge in [-0.3, -0.25) is 0 Å². The Kier molecular flexibility index (Phi) is 4.92. The molecule has 0 heterocycles. The van der Waals surface area contributed by atoms with E-state index in [-0.39, 0.29) is 0 Å². The smallest absolute Gasteiger partial charge is 0.0473 e. The van der Waals surface area contributed by atoms with Crippen LogP contribution < -0.4 is 0 Å². The first-order valence-electron chi connectivity index (χ1n) is 10.3. The SMILES string of the molecule is C1=CC(N(C2=CCCCC2)[C@H]2CCC3=C(CCCC3)C2)CCC1. The second-order valence-electron chi connectivity index (χ2n) is 8.09. The molecule has 0 fully saturated rings. The summed E-state index contributed by atoms with van der Waals surface area (Å²) in [6, 6.07) is 1.47. The van der Waals surface area contributed by atoms with Crippen molar-refractivity contribution in [3.05, 3.63) is 35.1 Å². The highest BCUT2D eigenvalue weighted by molar-refractivity contribution is 5.24. The molecule has 0 aliphatic heterocycles.